The molecule has 0 atom stereocenters. The van der Waals surface area contributed by atoms with Crippen molar-refractivity contribution in [3.8, 4) is 5.75 Å². The Kier molecular flexibility index (Phi) is 4.32. The summed E-state index contributed by atoms with van der Waals surface area (Å²) in [5, 5.41) is 0.360. The third-order valence-electron chi connectivity index (χ3n) is 2.91. The molecule has 0 saturated heterocycles. The Hall–Kier alpha value is -1.88. The molecule has 6 heteroatoms. The number of aryl methyl sites for hydroxylation is 1. The quantitative estimate of drug-likeness (QED) is 0.823. The second-order valence-corrected chi connectivity index (χ2v) is 5.04. The van der Waals surface area contributed by atoms with Crippen molar-refractivity contribution in [2.24, 2.45) is 0 Å². The van der Waals surface area contributed by atoms with E-state index in [0.29, 0.717) is 10.8 Å². The van der Waals surface area contributed by atoms with Gasteiger partial charge in [-0.1, -0.05) is 23.7 Å². The van der Waals surface area contributed by atoms with Gasteiger partial charge in [-0.3, -0.25) is 0 Å². The van der Waals surface area contributed by atoms with Gasteiger partial charge in [0, 0.05) is 11.3 Å². The van der Waals surface area contributed by atoms with Gasteiger partial charge in [-0.2, -0.15) is 13.2 Å². The summed E-state index contributed by atoms with van der Waals surface area (Å²) in [5.41, 5.74) is 5.61. The molecule has 112 valence electrons. The van der Waals surface area contributed by atoms with Crippen molar-refractivity contribution in [3.63, 3.8) is 0 Å². The molecule has 2 nitrogen and oxygen atoms in total. The lowest BCUT2D eigenvalue weighted by atomic mass is 10.1. The molecule has 21 heavy (non-hydrogen) atoms. The Labute approximate surface area is 125 Å². The first-order valence-electron chi connectivity index (χ1n) is 6.12. The Morgan fingerprint density at radius 3 is 2.48 bits per heavy atom. The highest BCUT2D eigenvalue weighted by Gasteiger charge is 2.33. The molecule has 0 aliphatic carbocycles. The molecular weight excluding hydrogens is 303 g/mol. The number of rotatable bonds is 3. The van der Waals surface area contributed by atoms with Gasteiger partial charge >= 0.3 is 6.18 Å². The summed E-state index contributed by atoms with van der Waals surface area (Å²) in [6.45, 7) is 1.62. The van der Waals surface area contributed by atoms with E-state index in [1.54, 1.807) is 18.2 Å². The van der Waals surface area contributed by atoms with Crippen molar-refractivity contribution >= 4 is 17.3 Å². The smallest absolute Gasteiger partial charge is 0.416 e. The van der Waals surface area contributed by atoms with E-state index in [-0.39, 0.29) is 17.9 Å². The molecule has 0 saturated carbocycles. The summed E-state index contributed by atoms with van der Waals surface area (Å²) in [7, 11) is 0. The number of halogens is 4. The van der Waals surface area contributed by atoms with Crippen LogP contribution in [0.25, 0.3) is 0 Å². The molecule has 2 aromatic carbocycles. The largest absolute Gasteiger partial charge is 0.487 e. The maximum Gasteiger partial charge on any atom is 0.416 e. The Balaban J connectivity index is 2.24. The van der Waals surface area contributed by atoms with Crippen molar-refractivity contribution in [2.75, 3.05) is 5.73 Å². The zero-order valence-corrected chi connectivity index (χ0v) is 11.9. The fraction of sp³-hybridized carbons (Fsp3) is 0.200. The minimum atomic E-state index is -4.48. The molecule has 0 amide bonds. The van der Waals surface area contributed by atoms with Gasteiger partial charge in [-0.05, 0) is 36.8 Å². The average Bonchev–Trinajstić information content (AvgIpc) is 2.38. The summed E-state index contributed by atoms with van der Waals surface area (Å²) in [4.78, 5) is 0. The van der Waals surface area contributed by atoms with Crippen molar-refractivity contribution < 1.29 is 17.9 Å². The van der Waals surface area contributed by atoms with E-state index < -0.39 is 11.7 Å². The number of nitrogens with two attached hydrogens (primary N) is 1. The van der Waals surface area contributed by atoms with E-state index in [9.17, 15) is 13.2 Å². The molecule has 2 aromatic rings. The van der Waals surface area contributed by atoms with E-state index >= 15 is 0 Å². The minimum absolute atomic E-state index is 0.00772. The third-order valence-corrected chi connectivity index (χ3v) is 3.21. The topological polar surface area (TPSA) is 35.2 Å². The van der Waals surface area contributed by atoms with Gasteiger partial charge in [0.05, 0.1) is 10.6 Å². The molecule has 0 aliphatic rings. The van der Waals surface area contributed by atoms with Crippen LogP contribution in [-0.4, -0.2) is 0 Å². The lowest BCUT2D eigenvalue weighted by Gasteiger charge is -2.15. The lowest BCUT2D eigenvalue weighted by Crippen LogP contribution is -2.11. The van der Waals surface area contributed by atoms with Gasteiger partial charge in [0.25, 0.3) is 0 Å². The molecule has 0 aromatic heterocycles. The van der Waals surface area contributed by atoms with Gasteiger partial charge in [0.1, 0.15) is 12.4 Å². The first-order chi connectivity index (χ1) is 9.77. The van der Waals surface area contributed by atoms with Crippen molar-refractivity contribution in [1.82, 2.24) is 0 Å². The second kappa shape index (κ2) is 5.85. The number of alkyl halides is 3. The van der Waals surface area contributed by atoms with E-state index in [4.69, 9.17) is 22.1 Å². The van der Waals surface area contributed by atoms with Gasteiger partial charge in [0.15, 0.2) is 0 Å². The highest BCUT2D eigenvalue weighted by Crippen LogP contribution is 2.34. The number of benzene rings is 2. The summed E-state index contributed by atoms with van der Waals surface area (Å²) in [5.74, 6) is 0.340. The van der Waals surface area contributed by atoms with E-state index in [0.717, 1.165) is 11.6 Å². The number of anilines is 1. The Morgan fingerprint density at radius 1 is 1.14 bits per heavy atom. The van der Waals surface area contributed by atoms with Crippen molar-refractivity contribution in [2.45, 2.75) is 19.7 Å². The maximum atomic E-state index is 12.9. The summed E-state index contributed by atoms with van der Waals surface area (Å²) < 4.78 is 44.2. The highest BCUT2D eigenvalue weighted by atomic mass is 35.5. The van der Waals surface area contributed by atoms with Gasteiger partial charge in [-0.15, -0.1) is 0 Å². The van der Waals surface area contributed by atoms with Crippen molar-refractivity contribution in [3.05, 3.63) is 58.1 Å². The predicted octanol–water partition coefficient (Wildman–Crippen LogP) is 4.83. The van der Waals surface area contributed by atoms with Crippen LogP contribution in [0.1, 0.15) is 16.7 Å². The molecular formula is C15H13ClF3NO. The molecule has 0 bridgehead atoms. The normalized spacial score (nSPS) is 11.5. The van der Waals surface area contributed by atoms with E-state index in [2.05, 4.69) is 0 Å². The fourth-order valence-corrected chi connectivity index (χ4v) is 2.15. The molecule has 0 unspecified atom stereocenters. The average molecular weight is 316 g/mol. The predicted molar refractivity (Wildman–Crippen MR) is 76.4 cm³/mol. The summed E-state index contributed by atoms with van der Waals surface area (Å²) in [6, 6.07) is 8.70. The van der Waals surface area contributed by atoms with Crippen molar-refractivity contribution in [1.29, 1.82) is 0 Å². The van der Waals surface area contributed by atoms with Crippen LogP contribution < -0.4 is 10.5 Å². The van der Waals surface area contributed by atoms with Crippen LogP contribution in [0.5, 0.6) is 5.75 Å². The zero-order chi connectivity index (χ0) is 15.6. The van der Waals surface area contributed by atoms with E-state index in [1.165, 1.54) is 12.1 Å². The van der Waals surface area contributed by atoms with Crippen LogP contribution >= 0.6 is 11.6 Å². The molecule has 0 radical (unpaired) electrons. The minimum Gasteiger partial charge on any atom is -0.487 e. The first kappa shape index (κ1) is 15.5. The summed E-state index contributed by atoms with van der Waals surface area (Å²) in [6.07, 6.45) is -4.48. The van der Waals surface area contributed by atoms with Crippen LogP contribution in [0.4, 0.5) is 18.9 Å². The molecule has 0 fully saturated rings. The molecule has 0 heterocycles. The maximum absolute atomic E-state index is 12.9. The van der Waals surface area contributed by atoms with Crippen LogP contribution in [0, 0.1) is 6.92 Å². The van der Waals surface area contributed by atoms with Crippen LogP contribution in [0.2, 0.25) is 5.02 Å². The SMILES string of the molecule is Cc1ccc(OCc2ccc(N)cc2C(F)(F)F)c(Cl)c1. The number of hydrogen-bond donors (Lipinski definition) is 1. The van der Waals surface area contributed by atoms with Crippen LogP contribution in [0.15, 0.2) is 36.4 Å². The zero-order valence-electron chi connectivity index (χ0n) is 11.2. The second-order valence-electron chi connectivity index (χ2n) is 4.64. The molecule has 2 rings (SSSR count). The first-order valence-corrected chi connectivity index (χ1v) is 6.49. The van der Waals surface area contributed by atoms with Gasteiger partial charge < -0.3 is 10.5 Å². The Morgan fingerprint density at radius 2 is 1.86 bits per heavy atom. The standard InChI is InChI=1S/C15H13ClF3NO/c1-9-2-5-14(13(16)6-9)21-8-10-3-4-11(20)7-12(10)15(17,18)19/h2-7H,8,20H2,1H3. The monoisotopic (exact) mass is 315 g/mol. The highest BCUT2D eigenvalue weighted by molar-refractivity contribution is 6.32. The number of nitrogen functional groups attached to an aromatic ring is 1. The molecule has 2 N–H and O–H groups in total. The summed E-state index contributed by atoms with van der Waals surface area (Å²) >= 11 is 5.98. The van der Waals surface area contributed by atoms with E-state index in [1.807, 2.05) is 6.92 Å². The lowest BCUT2D eigenvalue weighted by molar-refractivity contribution is -0.138. The van der Waals surface area contributed by atoms with Gasteiger partial charge in [-0.25, -0.2) is 0 Å². The molecule has 0 spiro atoms. The fourth-order valence-electron chi connectivity index (χ4n) is 1.86. The number of ether oxygens (including phenoxy) is 1. The van der Waals surface area contributed by atoms with Crippen LogP contribution in [-0.2, 0) is 12.8 Å². The number of hydrogen-bond acceptors (Lipinski definition) is 2. The van der Waals surface area contributed by atoms with Gasteiger partial charge in [0.2, 0.25) is 0 Å². The Bertz CT molecular complexity index is 656. The third kappa shape index (κ3) is 3.82. The van der Waals surface area contributed by atoms with Crippen LogP contribution in [0.3, 0.4) is 0 Å². The molecule has 0 aliphatic heterocycles.